The SMILES string of the molecule is Cc1csc(CCNC(=O)N2CCC[C@H]2c2nc3ccc(F)cc3[nH]2)n1. The third kappa shape index (κ3) is 3.41. The first-order chi connectivity index (χ1) is 12.6. The number of urea groups is 1. The predicted octanol–water partition coefficient (Wildman–Crippen LogP) is 3.56. The van der Waals surface area contributed by atoms with Gasteiger partial charge in [0.15, 0.2) is 0 Å². The number of amides is 2. The van der Waals surface area contributed by atoms with E-state index in [1.807, 2.05) is 12.3 Å². The number of nitrogens with one attached hydrogen (secondary N) is 2. The molecule has 1 saturated heterocycles. The Morgan fingerprint density at radius 3 is 3.15 bits per heavy atom. The molecule has 3 aromatic rings. The topological polar surface area (TPSA) is 73.9 Å². The second-order valence-electron chi connectivity index (χ2n) is 6.50. The van der Waals surface area contributed by atoms with Gasteiger partial charge in [0.05, 0.1) is 22.1 Å². The fourth-order valence-electron chi connectivity index (χ4n) is 3.35. The minimum absolute atomic E-state index is 0.0904. The second-order valence-corrected chi connectivity index (χ2v) is 7.44. The monoisotopic (exact) mass is 373 g/mol. The molecule has 4 rings (SSSR count). The molecule has 2 aromatic heterocycles. The van der Waals surface area contributed by atoms with Crippen molar-refractivity contribution in [3.05, 3.63) is 45.9 Å². The van der Waals surface area contributed by atoms with Gasteiger partial charge in [-0.1, -0.05) is 0 Å². The van der Waals surface area contributed by atoms with Crippen LogP contribution in [0.15, 0.2) is 23.6 Å². The van der Waals surface area contributed by atoms with E-state index in [0.717, 1.165) is 30.0 Å². The highest BCUT2D eigenvalue weighted by Gasteiger charge is 2.32. The Hall–Kier alpha value is -2.48. The van der Waals surface area contributed by atoms with Crippen molar-refractivity contribution in [1.82, 2.24) is 25.2 Å². The van der Waals surface area contributed by atoms with E-state index in [1.54, 1.807) is 22.3 Å². The van der Waals surface area contributed by atoms with Gasteiger partial charge in [0.1, 0.15) is 11.6 Å². The lowest BCUT2D eigenvalue weighted by atomic mass is 10.2. The van der Waals surface area contributed by atoms with Crippen LogP contribution in [0.1, 0.15) is 35.4 Å². The zero-order valence-corrected chi connectivity index (χ0v) is 15.3. The predicted molar refractivity (Wildman–Crippen MR) is 98.7 cm³/mol. The molecule has 3 heterocycles. The Morgan fingerprint density at radius 1 is 1.46 bits per heavy atom. The van der Waals surface area contributed by atoms with Gasteiger partial charge in [-0.25, -0.2) is 19.2 Å². The molecule has 1 aliphatic rings. The van der Waals surface area contributed by atoms with Gasteiger partial charge in [0, 0.05) is 30.6 Å². The first-order valence-corrected chi connectivity index (χ1v) is 9.59. The molecule has 8 heteroatoms. The summed E-state index contributed by atoms with van der Waals surface area (Å²) in [5, 5.41) is 6.02. The summed E-state index contributed by atoms with van der Waals surface area (Å²) in [6.45, 7) is 3.21. The third-order valence-corrected chi connectivity index (χ3v) is 5.60. The molecule has 1 aliphatic heterocycles. The smallest absolute Gasteiger partial charge is 0.318 e. The molecule has 2 N–H and O–H groups in total. The lowest BCUT2D eigenvalue weighted by Crippen LogP contribution is -2.40. The van der Waals surface area contributed by atoms with Crippen LogP contribution < -0.4 is 5.32 Å². The molecular weight excluding hydrogens is 353 g/mol. The maximum atomic E-state index is 13.4. The van der Waals surface area contributed by atoms with Crippen molar-refractivity contribution in [3.63, 3.8) is 0 Å². The molecule has 0 unspecified atom stereocenters. The third-order valence-electron chi connectivity index (χ3n) is 4.57. The number of benzene rings is 1. The maximum absolute atomic E-state index is 13.4. The summed E-state index contributed by atoms with van der Waals surface area (Å²) < 4.78 is 13.4. The quantitative estimate of drug-likeness (QED) is 0.734. The number of rotatable bonds is 4. The molecule has 26 heavy (non-hydrogen) atoms. The molecule has 2 amide bonds. The Morgan fingerprint density at radius 2 is 2.35 bits per heavy atom. The van der Waals surface area contributed by atoms with Crippen LogP contribution in [0.2, 0.25) is 0 Å². The number of likely N-dealkylation sites (tertiary alicyclic amines) is 1. The maximum Gasteiger partial charge on any atom is 0.318 e. The van der Waals surface area contributed by atoms with Crippen LogP contribution in [0.25, 0.3) is 11.0 Å². The minimum atomic E-state index is -0.300. The summed E-state index contributed by atoms with van der Waals surface area (Å²) in [4.78, 5) is 26.5. The number of halogens is 1. The van der Waals surface area contributed by atoms with Crippen molar-refractivity contribution in [2.45, 2.75) is 32.2 Å². The molecule has 1 aromatic carbocycles. The zero-order chi connectivity index (χ0) is 18.1. The van der Waals surface area contributed by atoms with E-state index >= 15 is 0 Å². The van der Waals surface area contributed by atoms with Crippen molar-refractivity contribution >= 4 is 28.4 Å². The summed E-state index contributed by atoms with van der Waals surface area (Å²) in [7, 11) is 0. The van der Waals surface area contributed by atoms with E-state index in [2.05, 4.69) is 20.3 Å². The van der Waals surface area contributed by atoms with E-state index in [4.69, 9.17) is 0 Å². The first kappa shape index (κ1) is 17.0. The highest BCUT2D eigenvalue weighted by Crippen LogP contribution is 2.31. The van der Waals surface area contributed by atoms with Crippen LogP contribution in [0.5, 0.6) is 0 Å². The molecular formula is C18H20FN5OS. The van der Waals surface area contributed by atoms with E-state index in [1.165, 1.54) is 12.1 Å². The molecule has 1 atom stereocenters. The van der Waals surface area contributed by atoms with Gasteiger partial charge in [0.25, 0.3) is 0 Å². The normalized spacial score (nSPS) is 17.2. The highest BCUT2D eigenvalue weighted by atomic mass is 32.1. The Balaban J connectivity index is 1.42. The van der Waals surface area contributed by atoms with Gasteiger partial charge in [-0.2, -0.15) is 0 Å². The average Bonchev–Trinajstić information content (AvgIpc) is 3.32. The summed E-state index contributed by atoms with van der Waals surface area (Å²) in [5.41, 5.74) is 2.39. The van der Waals surface area contributed by atoms with Gasteiger partial charge in [0.2, 0.25) is 0 Å². The van der Waals surface area contributed by atoms with Crippen LogP contribution in [-0.2, 0) is 6.42 Å². The van der Waals surface area contributed by atoms with Gasteiger partial charge in [-0.3, -0.25) is 0 Å². The largest absolute Gasteiger partial charge is 0.340 e. The minimum Gasteiger partial charge on any atom is -0.340 e. The number of aromatic nitrogens is 3. The Labute approximate surface area is 154 Å². The number of aromatic amines is 1. The number of imidazole rings is 1. The van der Waals surface area contributed by atoms with Crippen LogP contribution >= 0.6 is 11.3 Å². The molecule has 0 bridgehead atoms. The van der Waals surface area contributed by atoms with Gasteiger partial charge in [-0.15, -0.1) is 11.3 Å². The van der Waals surface area contributed by atoms with Crippen LogP contribution in [0.3, 0.4) is 0 Å². The fourth-order valence-corrected chi connectivity index (χ4v) is 4.12. The average molecular weight is 373 g/mol. The standard InChI is InChI=1S/C18H20FN5OS/c1-11-10-26-16(21-11)6-7-20-18(25)24-8-2-3-15(24)17-22-13-5-4-12(19)9-14(13)23-17/h4-5,9-10,15H,2-3,6-8H2,1H3,(H,20,25)(H,22,23)/t15-/m0/s1. The first-order valence-electron chi connectivity index (χ1n) is 8.71. The summed E-state index contributed by atoms with van der Waals surface area (Å²) in [6, 6.07) is 4.29. The van der Waals surface area contributed by atoms with E-state index in [0.29, 0.717) is 29.9 Å². The number of aryl methyl sites for hydroxylation is 1. The molecule has 0 spiro atoms. The zero-order valence-electron chi connectivity index (χ0n) is 14.5. The van der Waals surface area contributed by atoms with E-state index < -0.39 is 0 Å². The summed E-state index contributed by atoms with van der Waals surface area (Å²) in [6.07, 6.45) is 2.50. The molecule has 1 fully saturated rings. The fraction of sp³-hybridized carbons (Fsp3) is 0.389. The van der Waals surface area contributed by atoms with Crippen LogP contribution in [0, 0.1) is 12.7 Å². The number of thiazole rings is 1. The number of fused-ring (bicyclic) bond motifs is 1. The van der Waals surface area contributed by atoms with Crippen LogP contribution in [-0.4, -0.2) is 39.0 Å². The van der Waals surface area contributed by atoms with E-state index in [-0.39, 0.29) is 17.9 Å². The lowest BCUT2D eigenvalue weighted by molar-refractivity contribution is 0.191. The second kappa shape index (κ2) is 7.03. The molecule has 136 valence electrons. The van der Waals surface area contributed by atoms with Crippen molar-refractivity contribution in [3.8, 4) is 0 Å². The highest BCUT2D eigenvalue weighted by molar-refractivity contribution is 7.09. The number of carbonyl (C=O) groups excluding carboxylic acids is 1. The Kier molecular flexibility index (Phi) is 4.58. The van der Waals surface area contributed by atoms with Gasteiger partial charge in [-0.05, 0) is 38.0 Å². The summed E-state index contributed by atoms with van der Waals surface area (Å²) in [5.74, 6) is 0.417. The number of hydrogen-bond acceptors (Lipinski definition) is 4. The molecule has 0 radical (unpaired) electrons. The van der Waals surface area contributed by atoms with E-state index in [9.17, 15) is 9.18 Å². The molecule has 0 aliphatic carbocycles. The number of carbonyl (C=O) groups is 1. The van der Waals surface area contributed by atoms with Crippen molar-refractivity contribution in [2.24, 2.45) is 0 Å². The van der Waals surface area contributed by atoms with Crippen molar-refractivity contribution in [1.29, 1.82) is 0 Å². The lowest BCUT2D eigenvalue weighted by Gasteiger charge is -2.23. The van der Waals surface area contributed by atoms with Gasteiger partial charge >= 0.3 is 6.03 Å². The number of hydrogen-bond donors (Lipinski definition) is 2. The van der Waals surface area contributed by atoms with Gasteiger partial charge < -0.3 is 15.2 Å². The molecule has 6 nitrogen and oxygen atoms in total. The van der Waals surface area contributed by atoms with Crippen molar-refractivity contribution in [2.75, 3.05) is 13.1 Å². The van der Waals surface area contributed by atoms with Crippen LogP contribution in [0.4, 0.5) is 9.18 Å². The molecule has 0 saturated carbocycles. The van der Waals surface area contributed by atoms with Crippen molar-refractivity contribution < 1.29 is 9.18 Å². The Bertz CT molecular complexity index is 937. The number of H-pyrrole nitrogens is 1. The number of nitrogens with zero attached hydrogens (tertiary/aromatic N) is 3. The summed E-state index contributed by atoms with van der Waals surface area (Å²) >= 11 is 1.61.